The van der Waals surface area contributed by atoms with E-state index in [1.54, 1.807) is 0 Å². The third-order valence-corrected chi connectivity index (χ3v) is 6.21. The summed E-state index contributed by atoms with van der Waals surface area (Å²) >= 11 is 0. The Kier molecular flexibility index (Phi) is 42.7. The Balaban J connectivity index is -0.000000146. The van der Waals surface area contributed by atoms with E-state index in [1.807, 2.05) is 0 Å². The standard InChI is InChI=1S/6C5H10N2O3/c6*6-3(5(7)10)1-2-4(8)9/h6*3H,1-2,6H2,(H2,7,10)(H,8,9)/t6*3-/m000000/s1. The Morgan fingerprint density at radius 1 is 0.250 bits per heavy atom. The van der Waals surface area contributed by atoms with Crippen LogP contribution in [-0.4, -0.2) is 138 Å². The topological polar surface area (TPSA) is 638 Å². The van der Waals surface area contributed by atoms with Gasteiger partial charge in [0.1, 0.15) is 0 Å². The predicted molar refractivity (Wildman–Crippen MR) is 204 cm³/mol. The van der Waals surface area contributed by atoms with E-state index in [-0.39, 0.29) is 77.0 Å². The van der Waals surface area contributed by atoms with Gasteiger partial charge in [-0.3, -0.25) is 57.5 Å². The molecule has 0 bridgehead atoms. The number of hydrogen-bond donors (Lipinski definition) is 18. The lowest BCUT2D eigenvalue weighted by atomic mass is 10.1. The Bertz CT molecular complexity index is 1140. The average molecular weight is 877 g/mol. The third kappa shape index (κ3) is 58.1. The molecule has 0 aliphatic heterocycles. The first-order valence-electron chi connectivity index (χ1n) is 16.8. The highest BCUT2D eigenvalue weighted by Gasteiger charge is 2.13. The molecule has 0 unspecified atom stereocenters. The highest BCUT2D eigenvalue weighted by molar-refractivity contribution is 5.82. The van der Waals surface area contributed by atoms with Crippen LogP contribution in [0.2, 0.25) is 0 Å². The summed E-state index contributed by atoms with van der Waals surface area (Å²) in [5.41, 5.74) is 59.4. The van der Waals surface area contributed by atoms with Gasteiger partial charge in [-0.25, -0.2) is 0 Å². The van der Waals surface area contributed by atoms with E-state index in [2.05, 4.69) is 0 Å². The number of carbonyl (C=O) groups is 12. The van der Waals surface area contributed by atoms with E-state index < -0.39 is 108 Å². The molecule has 30 heteroatoms. The van der Waals surface area contributed by atoms with Crippen LogP contribution in [-0.2, 0) is 57.5 Å². The minimum Gasteiger partial charge on any atom is -0.481 e. The molecular weight excluding hydrogens is 816 g/mol. The number of carboxylic acid groups (broad SMARTS) is 6. The Morgan fingerprint density at radius 2 is 0.333 bits per heavy atom. The molecule has 0 radical (unpaired) electrons. The number of aliphatic carboxylic acids is 6. The minimum absolute atomic E-state index is 0.102. The third-order valence-electron chi connectivity index (χ3n) is 6.21. The van der Waals surface area contributed by atoms with E-state index in [9.17, 15) is 57.5 Å². The fourth-order valence-electron chi connectivity index (χ4n) is 2.53. The molecule has 6 atom stereocenters. The highest BCUT2D eigenvalue weighted by atomic mass is 16.4. The van der Waals surface area contributed by atoms with Crippen LogP contribution in [0.25, 0.3) is 0 Å². The van der Waals surface area contributed by atoms with Crippen molar-refractivity contribution in [3.63, 3.8) is 0 Å². The molecule has 0 aliphatic rings. The van der Waals surface area contributed by atoms with Crippen molar-refractivity contribution >= 4 is 71.3 Å². The molecule has 348 valence electrons. The second-order valence-electron chi connectivity index (χ2n) is 11.6. The summed E-state index contributed by atoms with van der Waals surface area (Å²) in [5.74, 6) is -9.84. The fourth-order valence-corrected chi connectivity index (χ4v) is 2.53. The molecule has 60 heavy (non-hydrogen) atoms. The van der Waals surface area contributed by atoms with Crippen molar-refractivity contribution in [2.75, 3.05) is 0 Å². The van der Waals surface area contributed by atoms with Crippen molar-refractivity contribution in [1.82, 2.24) is 0 Å². The zero-order chi connectivity index (χ0) is 48.9. The first kappa shape index (κ1) is 65.3. The highest BCUT2D eigenvalue weighted by Crippen LogP contribution is 1.96. The molecular formula is C30H60N12O18. The van der Waals surface area contributed by atoms with Crippen LogP contribution in [0.3, 0.4) is 0 Å². The summed E-state index contributed by atoms with van der Waals surface area (Å²) in [6, 6.07) is -5.02. The van der Waals surface area contributed by atoms with E-state index in [4.69, 9.17) is 99.4 Å². The molecule has 30 N–H and O–H groups in total. The molecule has 0 heterocycles. The summed E-state index contributed by atoms with van der Waals surface area (Å²) < 4.78 is 0. The first-order chi connectivity index (χ1) is 27.2. The maximum Gasteiger partial charge on any atom is 0.303 e. The van der Waals surface area contributed by atoms with Gasteiger partial charge < -0.3 is 99.4 Å². The maximum absolute atomic E-state index is 10.2. The predicted octanol–water partition coefficient (Wildman–Crippen LogP) is -8.02. The molecule has 0 aliphatic carbocycles. The zero-order valence-electron chi connectivity index (χ0n) is 32.5. The summed E-state index contributed by atoms with van der Waals surface area (Å²) in [7, 11) is 0. The lowest BCUT2D eigenvalue weighted by molar-refractivity contribution is -0.138. The van der Waals surface area contributed by atoms with Crippen molar-refractivity contribution < 1.29 is 88.2 Å². The van der Waals surface area contributed by atoms with Crippen molar-refractivity contribution in [3.8, 4) is 0 Å². The van der Waals surface area contributed by atoms with Gasteiger partial charge in [-0.05, 0) is 38.5 Å². The van der Waals surface area contributed by atoms with Crippen LogP contribution in [0.15, 0.2) is 0 Å². The van der Waals surface area contributed by atoms with E-state index in [0.717, 1.165) is 0 Å². The maximum atomic E-state index is 10.2. The van der Waals surface area contributed by atoms with Crippen LogP contribution >= 0.6 is 0 Å². The minimum atomic E-state index is -0.975. The lowest BCUT2D eigenvalue weighted by Crippen LogP contribution is -2.36. The number of carboxylic acids is 6. The smallest absolute Gasteiger partial charge is 0.303 e. The summed E-state index contributed by atoms with van der Waals surface area (Å²) in [4.78, 5) is 121. The largest absolute Gasteiger partial charge is 0.481 e. The molecule has 0 aromatic rings. The quantitative estimate of drug-likeness (QED) is 0.0428. The monoisotopic (exact) mass is 876 g/mol. The molecule has 0 aromatic heterocycles. The number of primary amides is 6. The van der Waals surface area contributed by atoms with E-state index in [1.165, 1.54) is 0 Å². The van der Waals surface area contributed by atoms with Gasteiger partial charge in [0, 0.05) is 38.5 Å². The summed E-state index contributed by atoms with van der Waals surface area (Å²) in [6.45, 7) is 0. The number of carbonyl (C=O) groups excluding carboxylic acids is 6. The second-order valence-corrected chi connectivity index (χ2v) is 11.6. The van der Waals surface area contributed by atoms with Crippen LogP contribution in [0.4, 0.5) is 0 Å². The molecule has 0 fully saturated rings. The fraction of sp³-hybridized carbons (Fsp3) is 0.600. The van der Waals surface area contributed by atoms with Crippen LogP contribution in [0.1, 0.15) is 77.0 Å². The number of rotatable bonds is 24. The van der Waals surface area contributed by atoms with Gasteiger partial charge in [0.05, 0.1) is 36.3 Å². The first-order valence-corrected chi connectivity index (χ1v) is 16.8. The van der Waals surface area contributed by atoms with Crippen molar-refractivity contribution in [2.24, 2.45) is 68.8 Å². The van der Waals surface area contributed by atoms with Gasteiger partial charge in [0.15, 0.2) is 0 Å². The van der Waals surface area contributed by atoms with Gasteiger partial charge in [-0.2, -0.15) is 0 Å². The summed E-state index contributed by atoms with van der Waals surface area (Å²) in [5, 5.41) is 48.8. The second kappa shape index (κ2) is 39.2. The Labute approximate surface area is 341 Å². The van der Waals surface area contributed by atoms with Gasteiger partial charge in [0.25, 0.3) is 0 Å². The summed E-state index contributed by atoms with van der Waals surface area (Å²) in [6.07, 6.45) is -0.114. The number of nitrogens with two attached hydrogens (primary N) is 12. The van der Waals surface area contributed by atoms with Crippen LogP contribution in [0.5, 0.6) is 0 Å². The zero-order valence-corrected chi connectivity index (χ0v) is 32.5. The Hall–Kier alpha value is -6.60. The molecule has 0 spiro atoms. The molecule has 0 aromatic carbocycles. The number of amides is 6. The van der Waals surface area contributed by atoms with Gasteiger partial charge in [-0.15, -0.1) is 0 Å². The van der Waals surface area contributed by atoms with Crippen molar-refractivity contribution in [1.29, 1.82) is 0 Å². The lowest BCUT2D eigenvalue weighted by Gasteiger charge is -2.02. The average Bonchev–Trinajstić information content (AvgIpc) is 3.12. The van der Waals surface area contributed by atoms with E-state index >= 15 is 0 Å². The normalized spacial score (nSPS) is 12.5. The molecule has 0 rings (SSSR count). The SMILES string of the molecule is NC(=O)[C@@H](N)CCC(=O)O.NC(=O)[C@@H](N)CCC(=O)O.NC(=O)[C@@H](N)CCC(=O)O.NC(=O)[C@@H](N)CCC(=O)O.NC(=O)[C@@H](N)CCC(=O)O.NC(=O)[C@@H](N)CCC(=O)O. The van der Waals surface area contributed by atoms with Crippen molar-refractivity contribution in [3.05, 3.63) is 0 Å². The molecule has 6 amide bonds. The number of hydrogen-bond acceptors (Lipinski definition) is 18. The van der Waals surface area contributed by atoms with Crippen LogP contribution in [0, 0.1) is 0 Å². The van der Waals surface area contributed by atoms with E-state index in [0.29, 0.717) is 0 Å². The van der Waals surface area contributed by atoms with Gasteiger partial charge in [0.2, 0.25) is 35.4 Å². The van der Waals surface area contributed by atoms with Gasteiger partial charge >= 0.3 is 35.8 Å². The molecule has 30 nitrogen and oxygen atoms in total. The molecule has 0 saturated carbocycles. The van der Waals surface area contributed by atoms with Gasteiger partial charge in [-0.1, -0.05) is 0 Å². The van der Waals surface area contributed by atoms with Crippen molar-refractivity contribution in [2.45, 2.75) is 113 Å². The molecule has 0 saturated heterocycles. The Morgan fingerprint density at radius 3 is 0.383 bits per heavy atom. The van der Waals surface area contributed by atoms with Crippen LogP contribution < -0.4 is 68.8 Å².